The first-order chi connectivity index (χ1) is 11.7. The van der Waals surface area contributed by atoms with Gasteiger partial charge in [0.2, 0.25) is 0 Å². The van der Waals surface area contributed by atoms with Gasteiger partial charge >= 0.3 is 0 Å². The summed E-state index contributed by atoms with van der Waals surface area (Å²) in [6.45, 7) is 10.4. The molecule has 0 aliphatic heterocycles. The first-order valence-corrected chi connectivity index (χ1v) is 8.15. The van der Waals surface area contributed by atoms with Gasteiger partial charge in [0.05, 0.1) is 0 Å². The third-order valence-electron chi connectivity index (χ3n) is 3.70. The van der Waals surface area contributed by atoms with Crippen molar-refractivity contribution in [1.29, 1.82) is 0 Å². The van der Waals surface area contributed by atoms with Crippen LogP contribution in [0.5, 0.6) is 0 Å². The highest BCUT2D eigenvalue weighted by molar-refractivity contribution is 6.04. The van der Waals surface area contributed by atoms with Crippen LogP contribution in [0.1, 0.15) is 24.2 Å². The number of nitrogens with one attached hydrogen (secondary N) is 2. The Morgan fingerprint density at radius 2 is 1.92 bits per heavy atom. The van der Waals surface area contributed by atoms with E-state index in [0.29, 0.717) is 17.9 Å². The van der Waals surface area contributed by atoms with Crippen molar-refractivity contribution in [2.45, 2.75) is 13.8 Å². The van der Waals surface area contributed by atoms with Gasteiger partial charge in [-0.25, -0.2) is 4.98 Å². The van der Waals surface area contributed by atoms with Gasteiger partial charge in [-0.2, -0.15) is 0 Å². The van der Waals surface area contributed by atoms with Crippen LogP contribution < -0.4 is 15.5 Å². The number of nitrogens with zero attached hydrogens (tertiary/aromatic N) is 2. The number of hydrogen-bond acceptors (Lipinski definition) is 4. The lowest BCUT2D eigenvalue weighted by Crippen LogP contribution is -2.21. The van der Waals surface area contributed by atoms with Crippen LogP contribution in [-0.4, -0.2) is 30.5 Å². The number of carbonyl (C=O) groups excluding carboxylic acids is 1. The Morgan fingerprint density at radius 1 is 1.21 bits per heavy atom. The van der Waals surface area contributed by atoms with Gasteiger partial charge in [-0.3, -0.25) is 4.79 Å². The van der Waals surface area contributed by atoms with E-state index in [1.165, 1.54) is 0 Å². The molecule has 5 heteroatoms. The van der Waals surface area contributed by atoms with Gasteiger partial charge in [-0.1, -0.05) is 6.08 Å². The Kier molecular flexibility index (Phi) is 6.37. The highest BCUT2D eigenvalue weighted by Crippen LogP contribution is 2.18. The van der Waals surface area contributed by atoms with Crippen molar-refractivity contribution in [3.05, 3.63) is 60.8 Å². The molecule has 0 saturated carbocycles. The number of pyridine rings is 1. The van der Waals surface area contributed by atoms with Gasteiger partial charge in [-0.05, 0) is 50.2 Å². The number of anilines is 3. The molecule has 1 heterocycles. The normalized spacial score (nSPS) is 10.1. The van der Waals surface area contributed by atoms with Crippen molar-refractivity contribution in [2.24, 2.45) is 0 Å². The number of benzene rings is 1. The second kappa shape index (κ2) is 8.72. The summed E-state index contributed by atoms with van der Waals surface area (Å²) in [4.78, 5) is 18.8. The zero-order valence-corrected chi connectivity index (χ0v) is 14.2. The topological polar surface area (TPSA) is 57.3 Å². The summed E-state index contributed by atoms with van der Waals surface area (Å²) in [7, 11) is 0. The molecule has 0 atom stereocenters. The predicted molar refractivity (Wildman–Crippen MR) is 101 cm³/mol. The van der Waals surface area contributed by atoms with Crippen LogP contribution in [0.2, 0.25) is 0 Å². The van der Waals surface area contributed by atoms with E-state index < -0.39 is 0 Å². The van der Waals surface area contributed by atoms with Crippen molar-refractivity contribution < 1.29 is 4.79 Å². The van der Waals surface area contributed by atoms with Crippen LogP contribution in [0.3, 0.4) is 0 Å². The minimum atomic E-state index is -0.158. The summed E-state index contributed by atoms with van der Waals surface area (Å²) in [6, 6.07) is 11.3. The molecule has 0 bridgehead atoms. The summed E-state index contributed by atoms with van der Waals surface area (Å²) in [5.41, 5.74) is 2.48. The molecule has 0 aliphatic rings. The quantitative estimate of drug-likeness (QED) is 0.726. The smallest absolute Gasteiger partial charge is 0.255 e. The lowest BCUT2D eigenvalue weighted by molar-refractivity contribution is 0.102. The fraction of sp³-hybridized carbons (Fsp3) is 0.263. The predicted octanol–water partition coefficient (Wildman–Crippen LogP) is 3.78. The molecule has 0 spiro atoms. The SMILES string of the molecule is C=CCNc1cc(C(=O)Nc2ccc(N(CC)CC)cc2)ccn1. The van der Waals surface area contributed by atoms with Crippen LogP contribution in [0, 0.1) is 0 Å². The Bertz CT molecular complexity index is 678. The van der Waals surface area contributed by atoms with Crippen LogP contribution in [0.25, 0.3) is 0 Å². The van der Waals surface area contributed by atoms with Gasteiger partial charge in [-0.15, -0.1) is 6.58 Å². The maximum Gasteiger partial charge on any atom is 0.255 e. The molecule has 0 aliphatic carbocycles. The first-order valence-electron chi connectivity index (χ1n) is 8.15. The second-order valence-corrected chi connectivity index (χ2v) is 5.27. The molecule has 126 valence electrons. The molecular weight excluding hydrogens is 300 g/mol. The van der Waals surface area contributed by atoms with Gasteiger partial charge in [0.25, 0.3) is 5.91 Å². The molecule has 24 heavy (non-hydrogen) atoms. The highest BCUT2D eigenvalue weighted by Gasteiger charge is 2.08. The summed E-state index contributed by atoms with van der Waals surface area (Å²) in [5, 5.41) is 5.98. The van der Waals surface area contributed by atoms with Crippen molar-refractivity contribution in [2.75, 3.05) is 35.2 Å². The minimum absolute atomic E-state index is 0.158. The van der Waals surface area contributed by atoms with E-state index in [2.05, 4.69) is 40.9 Å². The molecule has 2 aromatic rings. The van der Waals surface area contributed by atoms with Crippen molar-refractivity contribution >= 4 is 23.1 Å². The van der Waals surface area contributed by atoms with E-state index in [0.717, 1.165) is 24.5 Å². The molecular formula is C19H24N4O. The molecule has 0 unspecified atom stereocenters. The standard InChI is InChI=1S/C19H24N4O/c1-4-12-20-18-14-15(11-13-21-18)19(24)22-16-7-9-17(10-8-16)23(5-2)6-3/h4,7-11,13-14H,1,5-6,12H2,2-3H3,(H,20,21)(H,22,24). The summed E-state index contributed by atoms with van der Waals surface area (Å²) < 4.78 is 0. The van der Waals surface area contributed by atoms with Crippen molar-refractivity contribution in [3.63, 3.8) is 0 Å². The third kappa shape index (κ3) is 4.59. The van der Waals surface area contributed by atoms with E-state index >= 15 is 0 Å². The molecule has 0 radical (unpaired) electrons. The lowest BCUT2D eigenvalue weighted by atomic mass is 10.2. The Balaban J connectivity index is 2.05. The number of aromatic nitrogens is 1. The average Bonchev–Trinajstić information content (AvgIpc) is 2.62. The molecule has 1 amide bonds. The number of amides is 1. The van der Waals surface area contributed by atoms with Crippen molar-refractivity contribution in [1.82, 2.24) is 4.98 Å². The van der Waals surface area contributed by atoms with Gasteiger partial charge in [0.15, 0.2) is 0 Å². The largest absolute Gasteiger partial charge is 0.372 e. The van der Waals surface area contributed by atoms with E-state index in [-0.39, 0.29) is 5.91 Å². The Hall–Kier alpha value is -2.82. The lowest BCUT2D eigenvalue weighted by Gasteiger charge is -2.21. The van der Waals surface area contributed by atoms with E-state index in [1.54, 1.807) is 24.4 Å². The maximum absolute atomic E-state index is 12.4. The van der Waals surface area contributed by atoms with E-state index in [4.69, 9.17) is 0 Å². The van der Waals surface area contributed by atoms with Gasteiger partial charge in [0, 0.05) is 42.8 Å². The molecule has 0 fully saturated rings. The van der Waals surface area contributed by atoms with Crippen LogP contribution >= 0.6 is 0 Å². The van der Waals surface area contributed by atoms with Crippen LogP contribution in [0.4, 0.5) is 17.2 Å². The first kappa shape index (κ1) is 17.5. The Labute approximate surface area is 143 Å². The molecule has 2 N–H and O–H groups in total. The fourth-order valence-corrected chi connectivity index (χ4v) is 2.39. The molecule has 1 aromatic carbocycles. The zero-order chi connectivity index (χ0) is 17.4. The Morgan fingerprint density at radius 3 is 2.54 bits per heavy atom. The molecule has 0 saturated heterocycles. The zero-order valence-electron chi connectivity index (χ0n) is 14.2. The van der Waals surface area contributed by atoms with E-state index in [9.17, 15) is 4.79 Å². The minimum Gasteiger partial charge on any atom is -0.372 e. The van der Waals surface area contributed by atoms with Crippen molar-refractivity contribution in [3.8, 4) is 0 Å². The third-order valence-corrected chi connectivity index (χ3v) is 3.70. The number of hydrogen-bond donors (Lipinski definition) is 2. The van der Waals surface area contributed by atoms with E-state index in [1.807, 2.05) is 24.3 Å². The number of rotatable bonds is 8. The number of carbonyl (C=O) groups is 1. The van der Waals surface area contributed by atoms with Crippen LogP contribution in [0.15, 0.2) is 55.3 Å². The summed E-state index contributed by atoms with van der Waals surface area (Å²) >= 11 is 0. The maximum atomic E-state index is 12.4. The molecule has 1 aromatic heterocycles. The summed E-state index contributed by atoms with van der Waals surface area (Å²) in [5.74, 6) is 0.495. The average molecular weight is 324 g/mol. The van der Waals surface area contributed by atoms with Gasteiger partial charge < -0.3 is 15.5 Å². The monoisotopic (exact) mass is 324 g/mol. The highest BCUT2D eigenvalue weighted by atomic mass is 16.1. The molecule has 5 nitrogen and oxygen atoms in total. The van der Waals surface area contributed by atoms with Crippen LogP contribution in [-0.2, 0) is 0 Å². The van der Waals surface area contributed by atoms with Gasteiger partial charge in [0.1, 0.15) is 5.82 Å². The molecule has 2 rings (SSSR count). The fourth-order valence-electron chi connectivity index (χ4n) is 2.39. The second-order valence-electron chi connectivity index (χ2n) is 5.27. The summed E-state index contributed by atoms with van der Waals surface area (Å²) in [6.07, 6.45) is 3.36.